The van der Waals surface area contributed by atoms with E-state index in [4.69, 9.17) is 9.47 Å². The van der Waals surface area contributed by atoms with Crippen LogP contribution in [0.5, 0.6) is 11.5 Å². The first-order valence-corrected chi connectivity index (χ1v) is 12.3. The molecule has 1 atom stereocenters. The average molecular weight is 488 g/mol. The maximum atomic E-state index is 13.2. The molecule has 0 spiro atoms. The first-order valence-electron chi connectivity index (χ1n) is 12.3. The van der Waals surface area contributed by atoms with Crippen LogP contribution in [0.4, 0.5) is 16.2 Å². The van der Waals surface area contributed by atoms with Gasteiger partial charge < -0.3 is 25.0 Å². The normalized spacial score (nSPS) is 15.1. The molecule has 7 heteroatoms. The summed E-state index contributed by atoms with van der Waals surface area (Å²) in [6.45, 7) is 7.00. The van der Waals surface area contributed by atoms with E-state index >= 15 is 0 Å². The highest BCUT2D eigenvalue weighted by Gasteiger charge is 2.30. The van der Waals surface area contributed by atoms with Crippen molar-refractivity contribution in [2.24, 2.45) is 0 Å². The van der Waals surface area contributed by atoms with E-state index in [9.17, 15) is 9.59 Å². The smallest absolute Gasteiger partial charge is 0.323 e. The van der Waals surface area contributed by atoms with Crippen molar-refractivity contribution in [2.75, 3.05) is 17.7 Å². The number of nitrogens with zero attached hydrogens (tertiary/aromatic N) is 1. The van der Waals surface area contributed by atoms with Crippen molar-refractivity contribution < 1.29 is 19.1 Å². The van der Waals surface area contributed by atoms with Crippen LogP contribution < -0.4 is 20.1 Å². The van der Waals surface area contributed by atoms with Gasteiger partial charge in [0.1, 0.15) is 11.5 Å². The van der Waals surface area contributed by atoms with Gasteiger partial charge in [0.15, 0.2) is 6.10 Å². The first kappa shape index (κ1) is 25.1. The standard InChI is InChI=1S/C29H33N3O4/c1-5-26-28(33)32(17-20-7-6-8-25(15-20)35-4)18-22-16-24(13-14-27(22)36-26)31-29(34)30-23-11-9-21(10-12-23)19(2)3/h6-16,19,26H,5,17-18H2,1-4H3,(H2,30,31,34)/t26-/m1/s1. The lowest BCUT2D eigenvalue weighted by Crippen LogP contribution is -2.38. The summed E-state index contributed by atoms with van der Waals surface area (Å²) in [5, 5.41) is 5.76. The highest BCUT2D eigenvalue weighted by molar-refractivity contribution is 5.99. The summed E-state index contributed by atoms with van der Waals surface area (Å²) >= 11 is 0. The monoisotopic (exact) mass is 487 g/mol. The van der Waals surface area contributed by atoms with Crippen LogP contribution in [0.2, 0.25) is 0 Å². The quantitative estimate of drug-likeness (QED) is 0.418. The molecule has 0 bridgehead atoms. The Morgan fingerprint density at radius 3 is 2.47 bits per heavy atom. The van der Waals surface area contributed by atoms with Gasteiger partial charge in [0, 0.05) is 30.0 Å². The summed E-state index contributed by atoms with van der Waals surface area (Å²) in [5.74, 6) is 1.76. The maximum absolute atomic E-state index is 13.2. The van der Waals surface area contributed by atoms with Gasteiger partial charge in [0.2, 0.25) is 0 Å². The summed E-state index contributed by atoms with van der Waals surface area (Å²) in [4.78, 5) is 27.6. The molecule has 3 aromatic carbocycles. The number of amides is 3. The Labute approximate surface area is 212 Å². The average Bonchev–Trinajstić information content (AvgIpc) is 3.00. The molecule has 3 amide bonds. The van der Waals surface area contributed by atoms with Gasteiger partial charge in [-0.2, -0.15) is 0 Å². The summed E-state index contributed by atoms with van der Waals surface area (Å²) < 4.78 is 11.4. The van der Waals surface area contributed by atoms with E-state index < -0.39 is 6.10 Å². The molecular formula is C29H33N3O4. The van der Waals surface area contributed by atoms with Gasteiger partial charge in [-0.3, -0.25) is 4.79 Å². The van der Waals surface area contributed by atoms with Crippen LogP contribution in [0, 0.1) is 0 Å². The second-order valence-electron chi connectivity index (χ2n) is 9.24. The number of ether oxygens (including phenoxy) is 2. The molecule has 0 unspecified atom stereocenters. The van der Waals surface area contributed by atoms with Gasteiger partial charge in [-0.1, -0.05) is 45.0 Å². The van der Waals surface area contributed by atoms with Gasteiger partial charge in [-0.15, -0.1) is 0 Å². The molecular weight excluding hydrogens is 454 g/mol. The third-order valence-electron chi connectivity index (χ3n) is 6.25. The molecule has 0 fully saturated rings. The van der Waals surface area contributed by atoms with E-state index in [0.29, 0.717) is 36.9 Å². The molecule has 0 saturated carbocycles. The number of nitrogens with one attached hydrogen (secondary N) is 2. The van der Waals surface area contributed by atoms with Gasteiger partial charge in [0.05, 0.1) is 7.11 Å². The van der Waals surface area contributed by atoms with E-state index in [1.54, 1.807) is 18.1 Å². The molecule has 0 aromatic heterocycles. The van der Waals surface area contributed by atoms with Crippen molar-refractivity contribution in [1.29, 1.82) is 0 Å². The molecule has 36 heavy (non-hydrogen) atoms. The van der Waals surface area contributed by atoms with Crippen molar-refractivity contribution in [2.45, 2.75) is 52.3 Å². The fraction of sp³-hybridized carbons (Fsp3) is 0.310. The van der Waals surface area contributed by atoms with Crippen LogP contribution in [0.25, 0.3) is 0 Å². The minimum Gasteiger partial charge on any atom is -0.497 e. The zero-order valence-corrected chi connectivity index (χ0v) is 21.2. The predicted molar refractivity (Wildman–Crippen MR) is 142 cm³/mol. The highest BCUT2D eigenvalue weighted by Crippen LogP contribution is 2.30. The van der Waals surface area contributed by atoms with Crippen LogP contribution in [-0.2, 0) is 17.9 Å². The summed E-state index contributed by atoms with van der Waals surface area (Å²) in [7, 11) is 1.62. The van der Waals surface area contributed by atoms with Crippen molar-refractivity contribution in [3.05, 3.63) is 83.4 Å². The molecule has 1 heterocycles. The molecule has 4 rings (SSSR count). The molecule has 0 radical (unpaired) electrons. The van der Waals surface area contributed by atoms with Crippen LogP contribution in [-0.4, -0.2) is 30.1 Å². The van der Waals surface area contributed by atoms with Gasteiger partial charge in [-0.25, -0.2) is 4.79 Å². The first-order chi connectivity index (χ1) is 17.4. The largest absolute Gasteiger partial charge is 0.497 e. The lowest BCUT2D eigenvalue weighted by molar-refractivity contribution is -0.139. The van der Waals surface area contributed by atoms with Crippen LogP contribution in [0.3, 0.4) is 0 Å². The van der Waals surface area contributed by atoms with Crippen molar-refractivity contribution >= 4 is 23.3 Å². The van der Waals surface area contributed by atoms with E-state index in [1.807, 2.05) is 67.6 Å². The van der Waals surface area contributed by atoms with Gasteiger partial charge >= 0.3 is 6.03 Å². The zero-order chi connectivity index (χ0) is 25.7. The highest BCUT2D eigenvalue weighted by atomic mass is 16.5. The number of methoxy groups -OCH3 is 1. The Hall–Kier alpha value is -4.00. The summed E-state index contributed by atoms with van der Waals surface area (Å²) in [6, 6.07) is 20.6. The maximum Gasteiger partial charge on any atom is 0.323 e. The number of benzene rings is 3. The molecule has 2 N–H and O–H groups in total. The van der Waals surface area contributed by atoms with Crippen molar-refractivity contribution in [1.82, 2.24) is 4.90 Å². The number of fused-ring (bicyclic) bond motifs is 1. The number of urea groups is 1. The van der Waals surface area contributed by atoms with E-state index in [0.717, 1.165) is 22.6 Å². The third kappa shape index (κ3) is 5.97. The lowest BCUT2D eigenvalue weighted by Gasteiger charge is -2.23. The Morgan fingerprint density at radius 1 is 1.06 bits per heavy atom. The summed E-state index contributed by atoms with van der Waals surface area (Å²) in [6.07, 6.45) is -0.00184. The Bertz CT molecular complexity index is 1220. The van der Waals surface area contributed by atoms with Crippen molar-refractivity contribution in [3.8, 4) is 11.5 Å². The predicted octanol–water partition coefficient (Wildman–Crippen LogP) is 6.16. The molecule has 3 aromatic rings. The van der Waals surface area contributed by atoms with Crippen LogP contribution in [0.1, 0.15) is 49.8 Å². The molecule has 0 saturated heterocycles. The number of carbonyl (C=O) groups is 2. The second-order valence-corrected chi connectivity index (χ2v) is 9.24. The SMILES string of the molecule is CC[C@H]1Oc2ccc(NC(=O)Nc3ccc(C(C)C)cc3)cc2CN(Cc2cccc(OC)c2)C1=O. The lowest BCUT2D eigenvalue weighted by atomic mass is 10.0. The van der Waals surface area contributed by atoms with E-state index in [2.05, 4.69) is 24.5 Å². The number of rotatable bonds is 7. The van der Waals surface area contributed by atoms with E-state index in [-0.39, 0.29) is 11.9 Å². The Morgan fingerprint density at radius 2 is 1.78 bits per heavy atom. The molecule has 188 valence electrons. The molecule has 0 aliphatic carbocycles. The number of carbonyl (C=O) groups excluding carboxylic acids is 2. The minimum atomic E-state index is -0.562. The Kier molecular flexibility index (Phi) is 7.78. The van der Waals surface area contributed by atoms with Crippen LogP contribution in [0.15, 0.2) is 66.7 Å². The second kappa shape index (κ2) is 11.2. The summed E-state index contributed by atoms with van der Waals surface area (Å²) in [5.41, 5.74) is 4.36. The molecule has 1 aliphatic rings. The number of hydrogen-bond acceptors (Lipinski definition) is 4. The molecule has 7 nitrogen and oxygen atoms in total. The minimum absolute atomic E-state index is 0.0615. The number of anilines is 2. The van der Waals surface area contributed by atoms with Crippen LogP contribution >= 0.6 is 0 Å². The fourth-order valence-corrected chi connectivity index (χ4v) is 4.21. The van der Waals surface area contributed by atoms with Gasteiger partial charge in [-0.05, 0) is 65.9 Å². The third-order valence-corrected chi connectivity index (χ3v) is 6.25. The van der Waals surface area contributed by atoms with E-state index in [1.165, 1.54) is 5.56 Å². The number of hydrogen-bond donors (Lipinski definition) is 2. The molecule has 1 aliphatic heterocycles. The van der Waals surface area contributed by atoms with Crippen molar-refractivity contribution in [3.63, 3.8) is 0 Å². The topological polar surface area (TPSA) is 79.9 Å². The zero-order valence-electron chi connectivity index (χ0n) is 21.2. The Balaban J connectivity index is 1.50. The fourth-order valence-electron chi connectivity index (χ4n) is 4.21. The van der Waals surface area contributed by atoms with Gasteiger partial charge in [0.25, 0.3) is 5.91 Å².